The Balaban J connectivity index is 4.49. The van der Waals surface area contributed by atoms with Gasteiger partial charge in [-0.05, 0) is 51.2 Å². The largest absolute Gasteiger partial charge is 0.437 e. The van der Waals surface area contributed by atoms with Gasteiger partial charge in [-0.3, -0.25) is 0 Å². The Hall–Kier alpha value is 0.491. The Morgan fingerprint density at radius 3 is 1.94 bits per heavy atom. The van der Waals surface area contributed by atoms with Crippen molar-refractivity contribution in [1.82, 2.24) is 0 Å². The molecular formula is C11H30O4Si3. The Morgan fingerprint density at radius 1 is 1.00 bits per heavy atom. The first-order valence-corrected chi connectivity index (χ1v) is 15.1. The van der Waals surface area contributed by atoms with Crippen molar-refractivity contribution >= 4 is 25.4 Å². The molecule has 0 rings (SSSR count). The first-order valence-electron chi connectivity index (χ1n) is 6.65. The van der Waals surface area contributed by atoms with Crippen molar-refractivity contribution < 1.29 is 17.8 Å². The second-order valence-electron chi connectivity index (χ2n) is 6.08. The molecule has 0 aliphatic heterocycles. The molecule has 0 aromatic carbocycles. The molecule has 0 saturated heterocycles. The second-order valence-corrected chi connectivity index (χ2v) is 17.8. The van der Waals surface area contributed by atoms with Crippen molar-refractivity contribution in [2.24, 2.45) is 0 Å². The summed E-state index contributed by atoms with van der Waals surface area (Å²) in [5.41, 5.74) is 0. The summed E-state index contributed by atoms with van der Waals surface area (Å²) in [6.45, 7) is 13.2. The number of rotatable bonds is 9. The van der Waals surface area contributed by atoms with Gasteiger partial charge < -0.3 is 17.8 Å². The predicted octanol–water partition coefficient (Wildman–Crippen LogP) is 3.05. The van der Waals surface area contributed by atoms with Gasteiger partial charge in [-0.1, -0.05) is 6.92 Å². The number of hydrogen-bond acceptors (Lipinski definition) is 4. The predicted molar refractivity (Wildman–Crippen MR) is 82.8 cm³/mol. The minimum atomic E-state index is -2.62. The Bertz CT molecular complexity index is 243. The highest BCUT2D eigenvalue weighted by Gasteiger charge is 2.42. The van der Waals surface area contributed by atoms with E-state index in [1.54, 1.807) is 7.11 Å². The summed E-state index contributed by atoms with van der Waals surface area (Å²) < 4.78 is 17.3. The summed E-state index contributed by atoms with van der Waals surface area (Å²) >= 11 is 0. The third-order valence-corrected chi connectivity index (χ3v) is 12.8. The lowest BCUT2D eigenvalue weighted by molar-refractivity contribution is 0.195. The molecule has 0 aliphatic rings. The Kier molecular flexibility index (Phi) is 7.52. The van der Waals surface area contributed by atoms with Crippen molar-refractivity contribution in [3.8, 4) is 0 Å². The van der Waals surface area contributed by atoms with Crippen LogP contribution in [0.25, 0.3) is 0 Å². The quantitative estimate of drug-likeness (QED) is 0.525. The van der Waals surface area contributed by atoms with Crippen LogP contribution in [0.4, 0.5) is 0 Å². The molecule has 4 nitrogen and oxygen atoms in total. The zero-order valence-electron chi connectivity index (χ0n) is 13.0. The van der Waals surface area contributed by atoms with Gasteiger partial charge in [0.1, 0.15) is 0 Å². The maximum Gasteiger partial charge on any atom is 0.323 e. The van der Waals surface area contributed by atoms with Crippen LogP contribution in [-0.2, 0) is 13.0 Å². The van der Waals surface area contributed by atoms with Crippen LogP contribution >= 0.6 is 0 Å². The molecular weight excluding hydrogens is 280 g/mol. The highest BCUT2D eigenvalue weighted by atomic mass is 28.5. The fraction of sp³-hybridized carbons (Fsp3) is 1.00. The Labute approximate surface area is 115 Å². The van der Waals surface area contributed by atoms with Gasteiger partial charge in [0.25, 0.3) is 0 Å². The van der Waals surface area contributed by atoms with Crippen molar-refractivity contribution in [2.45, 2.75) is 58.2 Å². The maximum absolute atomic E-state index is 10.4. The third kappa shape index (κ3) is 8.57. The molecule has 1 N–H and O–H groups in total. The molecule has 0 fully saturated rings. The molecule has 7 heteroatoms. The van der Waals surface area contributed by atoms with E-state index in [9.17, 15) is 4.80 Å². The van der Waals surface area contributed by atoms with Gasteiger partial charge in [0.05, 0.1) is 0 Å². The molecule has 0 radical (unpaired) electrons. The van der Waals surface area contributed by atoms with Crippen molar-refractivity contribution in [1.29, 1.82) is 0 Å². The fourth-order valence-electron chi connectivity index (χ4n) is 1.87. The highest BCUT2D eigenvalue weighted by molar-refractivity contribution is 6.86. The molecule has 0 saturated carbocycles. The third-order valence-electron chi connectivity index (χ3n) is 2.59. The second kappa shape index (κ2) is 7.32. The number of ether oxygens (including phenoxy) is 1. The standard InChI is InChI=1S/C11H30O4Si3/c1-8-18(7,14-16(3,4)5)15-17(6,12)11-9-10-13-2/h12H,8-11H2,1-7H3. The highest BCUT2D eigenvalue weighted by Crippen LogP contribution is 2.25. The topological polar surface area (TPSA) is 47.9 Å². The summed E-state index contributed by atoms with van der Waals surface area (Å²) in [6.07, 6.45) is 0.844. The minimum absolute atomic E-state index is 0.672. The lowest BCUT2D eigenvalue weighted by Gasteiger charge is -2.37. The average molecular weight is 311 g/mol. The molecule has 0 bridgehead atoms. The van der Waals surface area contributed by atoms with E-state index in [-0.39, 0.29) is 0 Å². The molecule has 18 heavy (non-hydrogen) atoms. The van der Waals surface area contributed by atoms with Gasteiger partial charge in [0, 0.05) is 13.7 Å². The minimum Gasteiger partial charge on any atom is -0.437 e. The molecule has 0 aromatic heterocycles. The van der Waals surface area contributed by atoms with Crippen molar-refractivity contribution in [3.05, 3.63) is 0 Å². The molecule has 2 unspecified atom stereocenters. The monoisotopic (exact) mass is 310 g/mol. The first kappa shape index (κ1) is 18.5. The van der Waals surface area contributed by atoms with Gasteiger partial charge in [-0.15, -0.1) is 0 Å². The zero-order valence-corrected chi connectivity index (χ0v) is 16.0. The van der Waals surface area contributed by atoms with Gasteiger partial charge in [0.15, 0.2) is 8.32 Å². The summed E-state index contributed by atoms with van der Waals surface area (Å²) in [5.74, 6) is 0. The van der Waals surface area contributed by atoms with E-state index >= 15 is 0 Å². The van der Waals surface area contributed by atoms with E-state index in [1.165, 1.54) is 0 Å². The van der Waals surface area contributed by atoms with E-state index in [0.29, 0.717) is 12.7 Å². The van der Waals surface area contributed by atoms with E-state index in [2.05, 4.69) is 33.1 Å². The van der Waals surface area contributed by atoms with Gasteiger partial charge in [0.2, 0.25) is 0 Å². The Morgan fingerprint density at radius 2 is 1.56 bits per heavy atom. The van der Waals surface area contributed by atoms with Gasteiger partial charge in [-0.2, -0.15) is 0 Å². The van der Waals surface area contributed by atoms with Crippen LogP contribution < -0.4 is 0 Å². The van der Waals surface area contributed by atoms with Crippen LogP contribution in [0, 0.1) is 0 Å². The summed E-state index contributed by atoms with van der Waals surface area (Å²) in [4.78, 5) is 10.4. The normalized spacial score (nSPS) is 19.3. The van der Waals surface area contributed by atoms with Crippen LogP contribution in [-0.4, -0.2) is 44.0 Å². The lowest BCUT2D eigenvalue weighted by atomic mass is 10.5. The van der Waals surface area contributed by atoms with Crippen molar-refractivity contribution in [3.63, 3.8) is 0 Å². The molecule has 0 aliphatic carbocycles. The smallest absolute Gasteiger partial charge is 0.323 e. The van der Waals surface area contributed by atoms with E-state index in [4.69, 9.17) is 13.0 Å². The fourth-order valence-corrected chi connectivity index (χ4v) is 13.7. The van der Waals surface area contributed by atoms with Gasteiger partial charge >= 0.3 is 17.1 Å². The molecule has 0 amide bonds. The maximum atomic E-state index is 10.4. The molecule has 0 aromatic rings. The van der Waals surface area contributed by atoms with Gasteiger partial charge in [-0.25, -0.2) is 0 Å². The van der Waals surface area contributed by atoms with Crippen LogP contribution in [0.2, 0.25) is 44.8 Å². The average Bonchev–Trinajstić information content (AvgIpc) is 2.14. The number of methoxy groups -OCH3 is 1. The summed E-state index contributed by atoms with van der Waals surface area (Å²) in [6, 6.07) is 1.59. The lowest BCUT2D eigenvalue weighted by Crippen LogP contribution is -2.54. The van der Waals surface area contributed by atoms with Crippen LogP contribution in [0.15, 0.2) is 0 Å². The van der Waals surface area contributed by atoms with Crippen LogP contribution in [0.1, 0.15) is 13.3 Å². The molecule has 0 spiro atoms. The summed E-state index contributed by atoms with van der Waals surface area (Å²) in [7, 11) is -4.79. The van der Waals surface area contributed by atoms with E-state index in [0.717, 1.165) is 12.5 Å². The summed E-state index contributed by atoms with van der Waals surface area (Å²) in [5, 5.41) is 0. The van der Waals surface area contributed by atoms with Crippen LogP contribution in [0.3, 0.4) is 0 Å². The van der Waals surface area contributed by atoms with Crippen LogP contribution in [0.5, 0.6) is 0 Å². The van der Waals surface area contributed by atoms with Crippen molar-refractivity contribution in [2.75, 3.05) is 13.7 Å². The first-order chi connectivity index (χ1) is 8.04. The molecule has 0 heterocycles. The molecule has 2 atom stereocenters. The SMILES string of the molecule is CC[Si](C)(O[Si](C)(C)C)O[Si](C)(O)CCCOC. The van der Waals surface area contributed by atoms with E-state index in [1.807, 2.05) is 6.55 Å². The number of hydrogen-bond donors (Lipinski definition) is 1. The zero-order chi connectivity index (χ0) is 14.4. The van der Waals surface area contributed by atoms with E-state index < -0.39 is 25.4 Å². The molecule has 110 valence electrons.